The van der Waals surface area contributed by atoms with Crippen LogP contribution in [0.2, 0.25) is 0 Å². The average molecular weight is 628 g/mol. The van der Waals surface area contributed by atoms with E-state index in [1.165, 1.54) is 7.11 Å². The average Bonchev–Trinajstić information content (AvgIpc) is 3.80. The molecule has 244 valence electrons. The third-order valence-corrected chi connectivity index (χ3v) is 7.25. The van der Waals surface area contributed by atoms with Crippen molar-refractivity contribution >= 4 is 23.5 Å². The fourth-order valence-electron chi connectivity index (χ4n) is 4.62. The van der Waals surface area contributed by atoms with Crippen molar-refractivity contribution in [3.63, 3.8) is 0 Å². The lowest BCUT2D eigenvalue weighted by Gasteiger charge is -2.26. The number of Topliss-reactive ketones (excluding diaryl/α,β-unsaturated/α-hetero) is 1. The van der Waals surface area contributed by atoms with Crippen LogP contribution in [0, 0.1) is 0 Å². The maximum absolute atomic E-state index is 13.7. The number of para-hydroxylation sites is 1. The fourth-order valence-corrected chi connectivity index (χ4v) is 4.62. The van der Waals surface area contributed by atoms with Gasteiger partial charge in [-0.15, -0.1) is 0 Å². The molecule has 0 radical (unpaired) electrons. The molecular weight excluding hydrogens is 586 g/mol. The standard InChI is InChI=1S/C32H41N3O10/c1-32(21-45-32)28(36)24(18-22-8-4-3-5-9-22)33-31(39)26-20-43-15-14-41-12-13-42-16-17-44-27-11-7-6-10-23(27)29(37)34-25(19-40-2)30(38)35-26/h3-11,24-26H,12-21H2,1-2H3,(H,33,39)(H,34,37)(H,35,38)/t24-,25-,26-,32+/m0/s1. The first-order valence-corrected chi connectivity index (χ1v) is 14.9. The van der Waals surface area contributed by atoms with Crippen molar-refractivity contribution in [3.05, 3.63) is 65.7 Å². The molecule has 4 rings (SSSR count). The first-order valence-electron chi connectivity index (χ1n) is 14.9. The first-order chi connectivity index (χ1) is 21.8. The van der Waals surface area contributed by atoms with E-state index in [9.17, 15) is 19.2 Å². The number of epoxide rings is 1. The van der Waals surface area contributed by atoms with Crippen molar-refractivity contribution in [2.45, 2.75) is 37.1 Å². The zero-order chi connectivity index (χ0) is 32.1. The number of carbonyl (C=O) groups excluding carboxylic acids is 4. The topological polar surface area (TPSA) is 163 Å². The Kier molecular flexibility index (Phi) is 12.8. The molecule has 13 nitrogen and oxygen atoms in total. The smallest absolute Gasteiger partial charge is 0.255 e. The van der Waals surface area contributed by atoms with Crippen LogP contribution in [0.4, 0.5) is 0 Å². The Morgan fingerprint density at radius 2 is 1.58 bits per heavy atom. The number of benzene rings is 2. The van der Waals surface area contributed by atoms with Gasteiger partial charge in [0.2, 0.25) is 11.8 Å². The zero-order valence-electron chi connectivity index (χ0n) is 25.6. The predicted molar refractivity (Wildman–Crippen MR) is 161 cm³/mol. The summed E-state index contributed by atoms with van der Waals surface area (Å²) in [6.07, 6.45) is 0.228. The van der Waals surface area contributed by atoms with Crippen molar-refractivity contribution in [2.24, 2.45) is 0 Å². The number of rotatable bonds is 8. The van der Waals surface area contributed by atoms with Crippen molar-refractivity contribution in [1.82, 2.24) is 16.0 Å². The monoisotopic (exact) mass is 627 g/mol. The van der Waals surface area contributed by atoms with Crippen molar-refractivity contribution in [2.75, 3.05) is 66.6 Å². The van der Waals surface area contributed by atoms with E-state index in [1.807, 2.05) is 30.3 Å². The molecule has 1 saturated heterocycles. The largest absolute Gasteiger partial charge is 0.490 e. The number of ether oxygens (including phenoxy) is 6. The number of fused-ring (bicyclic) bond motifs is 1. The van der Waals surface area contributed by atoms with E-state index in [0.29, 0.717) is 19.0 Å². The number of hydrogen-bond acceptors (Lipinski definition) is 10. The Morgan fingerprint density at radius 1 is 0.933 bits per heavy atom. The van der Waals surface area contributed by atoms with Crippen molar-refractivity contribution < 1.29 is 47.6 Å². The molecule has 13 heteroatoms. The Morgan fingerprint density at radius 3 is 2.27 bits per heavy atom. The minimum atomic E-state index is -1.21. The molecule has 0 aliphatic carbocycles. The van der Waals surface area contributed by atoms with E-state index >= 15 is 0 Å². The second kappa shape index (κ2) is 17.0. The van der Waals surface area contributed by atoms with Gasteiger partial charge in [0.1, 0.15) is 30.0 Å². The van der Waals surface area contributed by atoms with Crippen LogP contribution in [-0.2, 0) is 44.5 Å². The van der Waals surface area contributed by atoms with Gasteiger partial charge in [-0.2, -0.15) is 0 Å². The Balaban J connectivity index is 1.53. The van der Waals surface area contributed by atoms with Crippen molar-refractivity contribution in [1.29, 1.82) is 0 Å². The number of nitrogens with one attached hydrogen (secondary N) is 3. The summed E-state index contributed by atoms with van der Waals surface area (Å²) < 4.78 is 33.1. The highest BCUT2D eigenvalue weighted by molar-refractivity contribution is 6.01. The van der Waals surface area contributed by atoms with Crippen LogP contribution in [0.5, 0.6) is 5.75 Å². The molecule has 1 fully saturated rings. The molecule has 45 heavy (non-hydrogen) atoms. The highest BCUT2D eigenvalue weighted by Gasteiger charge is 2.50. The Hall–Kier alpha value is -3.88. The maximum Gasteiger partial charge on any atom is 0.255 e. The summed E-state index contributed by atoms with van der Waals surface area (Å²) in [5, 5.41) is 8.13. The van der Waals surface area contributed by atoms with Gasteiger partial charge in [-0.1, -0.05) is 42.5 Å². The number of ketones is 1. The summed E-state index contributed by atoms with van der Waals surface area (Å²) in [5.74, 6) is -1.85. The molecule has 2 aliphatic heterocycles. The van der Waals surface area contributed by atoms with Gasteiger partial charge >= 0.3 is 0 Å². The summed E-state index contributed by atoms with van der Waals surface area (Å²) in [4.78, 5) is 53.8. The highest BCUT2D eigenvalue weighted by atomic mass is 16.6. The third-order valence-electron chi connectivity index (χ3n) is 7.25. The lowest BCUT2D eigenvalue weighted by molar-refractivity contribution is -0.135. The Bertz CT molecular complexity index is 1290. The maximum atomic E-state index is 13.7. The van der Waals surface area contributed by atoms with Crippen LogP contribution in [0.25, 0.3) is 0 Å². The molecule has 2 aliphatic rings. The van der Waals surface area contributed by atoms with Gasteiger partial charge in [0.15, 0.2) is 5.78 Å². The number of methoxy groups -OCH3 is 1. The van der Waals surface area contributed by atoms with Gasteiger partial charge in [0.05, 0.1) is 64.5 Å². The van der Waals surface area contributed by atoms with Crippen molar-refractivity contribution in [3.8, 4) is 5.75 Å². The van der Waals surface area contributed by atoms with Gasteiger partial charge in [-0.05, 0) is 31.0 Å². The number of hydrogen-bond donors (Lipinski definition) is 3. The summed E-state index contributed by atoms with van der Waals surface area (Å²) >= 11 is 0. The van der Waals surface area contributed by atoms with Gasteiger partial charge < -0.3 is 44.4 Å². The second-order valence-electron chi connectivity index (χ2n) is 10.8. The third kappa shape index (κ3) is 10.3. The quantitative estimate of drug-likeness (QED) is 0.350. The summed E-state index contributed by atoms with van der Waals surface area (Å²) in [6, 6.07) is 12.6. The molecule has 0 bridgehead atoms. The fraction of sp³-hybridized carbons (Fsp3) is 0.500. The molecule has 3 amide bonds. The minimum absolute atomic E-state index is 0.134. The molecule has 2 aromatic carbocycles. The van der Waals surface area contributed by atoms with Gasteiger partial charge in [-0.3, -0.25) is 19.2 Å². The van der Waals surface area contributed by atoms with Gasteiger partial charge in [0.25, 0.3) is 5.91 Å². The lowest BCUT2D eigenvalue weighted by Crippen LogP contribution is -2.59. The number of amides is 3. The van der Waals surface area contributed by atoms with Crippen LogP contribution in [0.1, 0.15) is 22.8 Å². The molecular formula is C32H41N3O10. The van der Waals surface area contributed by atoms with E-state index in [0.717, 1.165) is 5.56 Å². The van der Waals surface area contributed by atoms with Gasteiger partial charge in [-0.25, -0.2) is 0 Å². The highest BCUT2D eigenvalue weighted by Crippen LogP contribution is 2.29. The summed E-state index contributed by atoms with van der Waals surface area (Å²) in [7, 11) is 1.39. The molecule has 0 unspecified atom stereocenters. The number of carbonyl (C=O) groups is 4. The van der Waals surface area contributed by atoms with E-state index in [2.05, 4.69) is 16.0 Å². The normalized spacial score (nSPS) is 24.2. The van der Waals surface area contributed by atoms with Crippen LogP contribution < -0.4 is 20.7 Å². The van der Waals surface area contributed by atoms with E-state index in [4.69, 9.17) is 28.4 Å². The molecule has 2 heterocycles. The molecule has 0 saturated carbocycles. The SMILES string of the molecule is COC[C@@H]1NC(=O)c2ccccc2OCCOCCOCCOC[C@@H](C(=O)N[C@@H](Cc2ccccc2)C(=O)[C@@]2(C)CO2)NC1=O. The van der Waals surface area contributed by atoms with Gasteiger partial charge in [0, 0.05) is 7.11 Å². The molecule has 4 atom stereocenters. The summed E-state index contributed by atoms with van der Waals surface area (Å²) in [6.45, 7) is 3.01. The Labute approximate surface area is 262 Å². The lowest BCUT2D eigenvalue weighted by atomic mass is 9.94. The predicted octanol–water partition coefficient (Wildman–Crippen LogP) is 0.444. The first kappa shape index (κ1) is 34.0. The zero-order valence-corrected chi connectivity index (χ0v) is 25.6. The summed E-state index contributed by atoms with van der Waals surface area (Å²) in [5.41, 5.74) is 0.0657. The molecule has 2 aromatic rings. The second-order valence-corrected chi connectivity index (χ2v) is 10.8. The molecule has 0 spiro atoms. The van der Waals surface area contributed by atoms with Crippen LogP contribution in [0.3, 0.4) is 0 Å². The van der Waals surface area contributed by atoms with Crippen LogP contribution in [-0.4, -0.2) is 114 Å². The van der Waals surface area contributed by atoms with Crippen LogP contribution >= 0.6 is 0 Å². The minimum Gasteiger partial charge on any atom is -0.490 e. The molecule has 3 N–H and O–H groups in total. The van der Waals surface area contributed by atoms with Crippen LogP contribution in [0.15, 0.2) is 54.6 Å². The van der Waals surface area contributed by atoms with E-state index in [1.54, 1.807) is 31.2 Å². The molecule has 0 aromatic heterocycles. The van der Waals surface area contributed by atoms with E-state index < -0.39 is 41.4 Å². The van der Waals surface area contributed by atoms with E-state index in [-0.39, 0.29) is 64.0 Å².